The van der Waals surface area contributed by atoms with Crippen molar-refractivity contribution in [1.82, 2.24) is 0 Å². The molecule has 0 atom stereocenters. The molecule has 6 heteroatoms. The van der Waals surface area contributed by atoms with Crippen LogP contribution in [0.3, 0.4) is 0 Å². The Morgan fingerprint density at radius 3 is 1.31 bits per heavy atom. The van der Waals surface area contributed by atoms with E-state index in [2.05, 4.69) is 9.47 Å². The van der Waals surface area contributed by atoms with Crippen molar-refractivity contribution in [3.05, 3.63) is 72.8 Å². The molecule has 0 radical (unpaired) electrons. The van der Waals surface area contributed by atoms with Gasteiger partial charge < -0.3 is 18.9 Å². The molecule has 162 valence electrons. The lowest BCUT2D eigenvalue weighted by molar-refractivity contribution is -0.143. The molecular weight excluding hydrogens is 408 g/mol. The highest BCUT2D eigenvalue weighted by Crippen LogP contribution is 2.40. The SMILES string of the molecule is COC(=O)COc1ccc(-c2ccc(OCC(=O)OC)c3ccccc23)c2ccccc12. The molecule has 0 aliphatic heterocycles. The fraction of sp³-hybridized carbons (Fsp3) is 0.154. The maximum absolute atomic E-state index is 11.5. The second-order valence-electron chi connectivity index (χ2n) is 7.04. The van der Waals surface area contributed by atoms with E-state index in [0.29, 0.717) is 11.5 Å². The monoisotopic (exact) mass is 430 g/mol. The highest BCUT2D eigenvalue weighted by Gasteiger charge is 2.14. The standard InChI is InChI=1S/C26H22O6/c1-29-25(27)15-31-23-13-11-19(17-7-3-5-9-21(17)23)20-12-14-24(32-16-26(28)30-2)22-10-6-4-8-18(20)22/h3-14H,15-16H2,1-2H3. The number of ether oxygens (including phenoxy) is 4. The van der Waals surface area contributed by atoms with Crippen LogP contribution in [0.25, 0.3) is 32.7 Å². The van der Waals surface area contributed by atoms with Crippen molar-refractivity contribution >= 4 is 33.5 Å². The van der Waals surface area contributed by atoms with E-state index in [1.165, 1.54) is 14.2 Å². The number of hydrogen-bond donors (Lipinski definition) is 0. The normalized spacial score (nSPS) is 10.7. The molecule has 4 aromatic carbocycles. The third-order valence-electron chi connectivity index (χ3n) is 5.20. The molecule has 4 rings (SSSR count). The van der Waals surface area contributed by atoms with Crippen LogP contribution >= 0.6 is 0 Å². The molecule has 32 heavy (non-hydrogen) atoms. The number of benzene rings is 4. The summed E-state index contributed by atoms with van der Waals surface area (Å²) in [5.41, 5.74) is 2.03. The van der Waals surface area contributed by atoms with Gasteiger partial charge in [0.15, 0.2) is 13.2 Å². The predicted octanol–water partition coefficient (Wildman–Crippen LogP) is 4.76. The van der Waals surface area contributed by atoms with Crippen LogP contribution in [0.5, 0.6) is 11.5 Å². The first-order valence-corrected chi connectivity index (χ1v) is 10.1. The molecule has 0 unspecified atom stereocenters. The van der Waals surface area contributed by atoms with Gasteiger partial charge in [-0.3, -0.25) is 0 Å². The summed E-state index contributed by atoms with van der Waals surface area (Å²) in [6.45, 7) is -0.315. The summed E-state index contributed by atoms with van der Waals surface area (Å²) in [5.74, 6) is 0.340. The van der Waals surface area contributed by atoms with Crippen molar-refractivity contribution in [2.24, 2.45) is 0 Å². The van der Waals surface area contributed by atoms with Gasteiger partial charge in [-0.25, -0.2) is 9.59 Å². The summed E-state index contributed by atoms with van der Waals surface area (Å²) in [5, 5.41) is 3.76. The van der Waals surface area contributed by atoms with Gasteiger partial charge in [-0.15, -0.1) is 0 Å². The summed E-state index contributed by atoms with van der Waals surface area (Å²) in [6, 6.07) is 23.4. The minimum absolute atomic E-state index is 0.158. The van der Waals surface area contributed by atoms with Gasteiger partial charge in [-0.05, 0) is 34.0 Å². The lowest BCUT2D eigenvalue weighted by atomic mass is 9.93. The number of rotatable bonds is 7. The maximum Gasteiger partial charge on any atom is 0.343 e. The number of methoxy groups -OCH3 is 2. The number of hydrogen-bond acceptors (Lipinski definition) is 6. The number of carbonyl (C=O) groups excluding carboxylic acids is 2. The Kier molecular flexibility index (Phi) is 6.22. The van der Waals surface area contributed by atoms with Crippen molar-refractivity contribution in [2.45, 2.75) is 0 Å². The summed E-state index contributed by atoms with van der Waals surface area (Å²) >= 11 is 0. The molecule has 0 saturated carbocycles. The van der Waals surface area contributed by atoms with Crippen LogP contribution in [0.1, 0.15) is 0 Å². The van der Waals surface area contributed by atoms with Gasteiger partial charge in [-0.1, -0.05) is 60.7 Å². The topological polar surface area (TPSA) is 71.1 Å². The van der Waals surface area contributed by atoms with Gasteiger partial charge in [-0.2, -0.15) is 0 Å². The third kappa shape index (κ3) is 4.21. The van der Waals surface area contributed by atoms with Gasteiger partial charge in [0, 0.05) is 10.8 Å². The Labute approximate surface area is 185 Å². The number of carbonyl (C=O) groups is 2. The Morgan fingerprint density at radius 1 is 0.562 bits per heavy atom. The predicted molar refractivity (Wildman–Crippen MR) is 122 cm³/mol. The van der Waals surface area contributed by atoms with Crippen molar-refractivity contribution < 1.29 is 28.5 Å². The smallest absolute Gasteiger partial charge is 0.343 e. The molecular formula is C26H22O6. The van der Waals surface area contributed by atoms with E-state index >= 15 is 0 Å². The molecule has 0 bridgehead atoms. The van der Waals surface area contributed by atoms with Crippen LogP contribution in [0.2, 0.25) is 0 Å². The van der Waals surface area contributed by atoms with Crippen LogP contribution in [0.4, 0.5) is 0 Å². The largest absolute Gasteiger partial charge is 0.481 e. The first-order valence-electron chi connectivity index (χ1n) is 10.1. The Hall–Kier alpha value is -4.06. The molecule has 0 heterocycles. The average molecular weight is 430 g/mol. The Morgan fingerprint density at radius 2 is 0.938 bits per heavy atom. The van der Waals surface area contributed by atoms with E-state index in [-0.39, 0.29) is 13.2 Å². The minimum atomic E-state index is -0.438. The van der Waals surface area contributed by atoms with Crippen molar-refractivity contribution in [3.8, 4) is 22.6 Å². The van der Waals surface area contributed by atoms with Crippen LogP contribution in [0.15, 0.2) is 72.8 Å². The molecule has 0 aliphatic carbocycles. The lowest BCUT2D eigenvalue weighted by Gasteiger charge is -2.15. The average Bonchev–Trinajstić information content (AvgIpc) is 2.85. The van der Waals surface area contributed by atoms with Gasteiger partial charge >= 0.3 is 11.9 Å². The van der Waals surface area contributed by atoms with Crippen LogP contribution < -0.4 is 9.47 Å². The first kappa shape index (κ1) is 21.2. The van der Waals surface area contributed by atoms with E-state index < -0.39 is 11.9 Å². The molecule has 0 aromatic heterocycles. The zero-order chi connectivity index (χ0) is 22.5. The minimum Gasteiger partial charge on any atom is -0.481 e. The fourth-order valence-corrected chi connectivity index (χ4v) is 3.66. The first-order chi connectivity index (χ1) is 15.6. The van der Waals surface area contributed by atoms with Gasteiger partial charge in [0.1, 0.15) is 11.5 Å². The van der Waals surface area contributed by atoms with Gasteiger partial charge in [0.05, 0.1) is 14.2 Å². The van der Waals surface area contributed by atoms with E-state index in [4.69, 9.17) is 9.47 Å². The second kappa shape index (κ2) is 9.39. The van der Waals surface area contributed by atoms with E-state index in [1.54, 1.807) is 0 Å². The summed E-state index contributed by atoms with van der Waals surface area (Å²) in [6.07, 6.45) is 0. The van der Waals surface area contributed by atoms with Gasteiger partial charge in [0.2, 0.25) is 0 Å². The molecule has 4 aromatic rings. The van der Waals surface area contributed by atoms with E-state index in [0.717, 1.165) is 32.7 Å². The molecule has 0 fully saturated rings. The Bertz CT molecular complexity index is 1190. The van der Waals surface area contributed by atoms with E-state index in [1.807, 2.05) is 72.8 Å². The number of esters is 2. The number of fused-ring (bicyclic) bond motifs is 2. The summed E-state index contributed by atoms with van der Waals surface area (Å²) in [4.78, 5) is 23.0. The van der Waals surface area contributed by atoms with Crippen molar-refractivity contribution in [2.75, 3.05) is 27.4 Å². The quantitative estimate of drug-likeness (QED) is 0.394. The fourth-order valence-electron chi connectivity index (χ4n) is 3.66. The highest BCUT2D eigenvalue weighted by molar-refractivity contribution is 6.08. The molecule has 0 saturated heterocycles. The molecule has 0 N–H and O–H groups in total. The summed E-state index contributed by atoms with van der Waals surface area (Å²) < 4.78 is 20.7. The van der Waals surface area contributed by atoms with E-state index in [9.17, 15) is 9.59 Å². The van der Waals surface area contributed by atoms with Crippen molar-refractivity contribution in [3.63, 3.8) is 0 Å². The second-order valence-corrected chi connectivity index (χ2v) is 7.04. The molecule has 6 nitrogen and oxygen atoms in total. The highest BCUT2D eigenvalue weighted by atomic mass is 16.6. The van der Waals surface area contributed by atoms with Crippen LogP contribution in [0, 0.1) is 0 Å². The maximum atomic E-state index is 11.5. The van der Waals surface area contributed by atoms with Gasteiger partial charge in [0.25, 0.3) is 0 Å². The zero-order valence-corrected chi connectivity index (χ0v) is 17.8. The zero-order valence-electron chi connectivity index (χ0n) is 17.8. The third-order valence-corrected chi connectivity index (χ3v) is 5.20. The molecule has 0 amide bonds. The summed E-state index contributed by atoms with van der Waals surface area (Å²) in [7, 11) is 2.66. The Balaban J connectivity index is 1.80. The molecule has 0 aliphatic rings. The van der Waals surface area contributed by atoms with Crippen molar-refractivity contribution in [1.29, 1.82) is 0 Å². The lowest BCUT2D eigenvalue weighted by Crippen LogP contribution is -2.12. The van der Waals surface area contributed by atoms with Crippen LogP contribution in [-0.4, -0.2) is 39.4 Å². The molecule has 0 spiro atoms. The van der Waals surface area contributed by atoms with Crippen LogP contribution in [-0.2, 0) is 19.1 Å².